The second kappa shape index (κ2) is 9.29. The van der Waals surface area contributed by atoms with Crippen molar-refractivity contribution >= 4 is 39.3 Å². The van der Waals surface area contributed by atoms with Crippen LogP contribution in [0.4, 0.5) is 5.69 Å². The molecule has 0 aliphatic rings. The maximum atomic E-state index is 11.8. The summed E-state index contributed by atoms with van der Waals surface area (Å²) < 4.78 is 6.45. The molecule has 0 bridgehead atoms. The molecule has 2 aromatic rings. The molecule has 8 heteroatoms. The number of rotatable bonds is 8. The molecule has 6 nitrogen and oxygen atoms in total. The molecule has 0 fully saturated rings. The zero-order valence-corrected chi connectivity index (χ0v) is 15.0. The lowest BCUT2D eigenvalue weighted by molar-refractivity contribution is -0.384. The lowest BCUT2D eigenvalue weighted by Gasteiger charge is -2.08. The fraction of sp³-hybridized carbons (Fsp3) is 0.188. The van der Waals surface area contributed by atoms with Crippen LogP contribution in [0.25, 0.3) is 0 Å². The third-order valence-electron chi connectivity index (χ3n) is 2.91. The highest BCUT2D eigenvalue weighted by molar-refractivity contribution is 9.10. The lowest BCUT2D eigenvalue weighted by Crippen LogP contribution is -2.29. The van der Waals surface area contributed by atoms with Crippen molar-refractivity contribution in [2.75, 3.05) is 18.9 Å². The smallest absolute Gasteiger partial charge is 0.269 e. The number of nitro groups is 1. The van der Waals surface area contributed by atoms with Crippen molar-refractivity contribution in [1.29, 1.82) is 0 Å². The zero-order valence-electron chi connectivity index (χ0n) is 12.6. The molecule has 0 aliphatic heterocycles. The van der Waals surface area contributed by atoms with E-state index in [0.29, 0.717) is 13.2 Å². The highest BCUT2D eigenvalue weighted by atomic mass is 79.9. The van der Waals surface area contributed by atoms with E-state index >= 15 is 0 Å². The van der Waals surface area contributed by atoms with Gasteiger partial charge < -0.3 is 10.1 Å². The van der Waals surface area contributed by atoms with Crippen molar-refractivity contribution in [3.63, 3.8) is 0 Å². The van der Waals surface area contributed by atoms with Crippen molar-refractivity contribution < 1.29 is 14.5 Å². The Morgan fingerprint density at radius 1 is 1.25 bits per heavy atom. The molecule has 126 valence electrons. The van der Waals surface area contributed by atoms with E-state index in [1.165, 1.54) is 23.9 Å². The molecule has 24 heavy (non-hydrogen) atoms. The number of carbonyl (C=O) groups is 1. The Balaban J connectivity index is 1.65. The minimum atomic E-state index is -0.452. The van der Waals surface area contributed by atoms with Crippen LogP contribution in [0.15, 0.2) is 57.9 Å². The van der Waals surface area contributed by atoms with Crippen LogP contribution in [0, 0.1) is 10.1 Å². The summed E-state index contributed by atoms with van der Waals surface area (Å²) in [6.07, 6.45) is 0. The highest BCUT2D eigenvalue weighted by Crippen LogP contribution is 2.21. The van der Waals surface area contributed by atoms with Crippen LogP contribution in [-0.2, 0) is 4.79 Å². The van der Waals surface area contributed by atoms with E-state index in [4.69, 9.17) is 4.74 Å². The SMILES string of the molecule is O=C(CSc1ccc([N+](=O)[O-])cc1)NCCOc1cccc(Br)c1. The van der Waals surface area contributed by atoms with Crippen molar-refractivity contribution in [2.45, 2.75) is 4.90 Å². The van der Waals surface area contributed by atoms with Crippen molar-refractivity contribution in [2.24, 2.45) is 0 Å². The maximum absolute atomic E-state index is 11.8. The molecule has 0 aromatic heterocycles. The van der Waals surface area contributed by atoms with E-state index in [-0.39, 0.29) is 17.3 Å². The van der Waals surface area contributed by atoms with Crippen molar-refractivity contribution in [3.8, 4) is 5.75 Å². The Hall–Kier alpha value is -2.06. The minimum absolute atomic E-state index is 0.0356. The number of hydrogen-bond acceptors (Lipinski definition) is 5. The highest BCUT2D eigenvalue weighted by Gasteiger charge is 2.06. The first kappa shape index (κ1) is 18.3. The van der Waals surface area contributed by atoms with Crippen LogP contribution in [0.3, 0.4) is 0 Å². The van der Waals surface area contributed by atoms with Crippen molar-refractivity contribution in [3.05, 3.63) is 63.1 Å². The standard InChI is InChI=1S/C16H15BrN2O4S/c17-12-2-1-3-14(10-12)23-9-8-18-16(20)11-24-15-6-4-13(5-7-15)19(21)22/h1-7,10H,8-9,11H2,(H,18,20). The zero-order chi connectivity index (χ0) is 17.4. The first-order chi connectivity index (χ1) is 11.5. The Morgan fingerprint density at radius 2 is 2.00 bits per heavy atom. The van der Waals surface area contributed by atoms with Gasteiger partial charge in [0.2, 0.25) is 5.91 Å². The molecule has 1 N–H and O–H groups in total. The number of ether oxygens (including phenoxy) is 1. The van der Waals surface area contributed by atoms with Gasteiger partial charge in [0.25, 0.3) is 5.69 Å². The van der Waals surface area contributed by atoms with Crippen LogP contribution in [0.2, 0.25) is 0 Å². The molecule has 0 heterocycles. The summed E-state index contributed by atoms with van der Waals surface area (Å²) in [5.74, 6) is 0.865. The third kappa shape index (κ3) is 6.21. The molecule has 0 spiro atoms. The summed E-state index contributed by atoms with van der Waals surface area (Å²) in [7, 11) is 0. The second-order valence-electron chi connectivity index (χ2n) is 4.70. The predicted octanol–water partition coefficient (Wildman–Crippen LogP) is 3.64. The molecule has 0 aliphatic carbocycles. The number of carbonyl (C=O) groups excluding carboxylic acids is 1. The first-order valence-electron chi connectivity index (χ1n) is 7.07. The van der Waals surface area contributed by atoms with Gasteiger partial charge in [-0.15, -0.1) is 11.8 Å². The van der Waals surface area contributed by atoms with E-state index in [2.05, 4.69) is 21.2 Å². The van der Waals surface area contributed by atoms with Gasteiger partial charge in [0, 0.05) is 21.5 Å². The van der Waals surface area contributed by atoms with Crippen LogP contribution in [0.1, 0.15) is 0 Å². The topological polar surface area (TPSA) is 81.5 Å². The maximum Gasteiger partial charge on any atom is 0.269 e. The van der Waals surface area contributed by atoms with Gasteiger partial charge in [-0.05, 0) is 30.3 Å². The van der Waals surface area contributed by atoms with E-state index in [9.17, 15) is 14.9 Å². The summed E-state index contributed by atoms with van der Waals surface area (Å²) >= 11 is 4.68. The largest absolute Gasteiger partial charge is 0.492 e. The van der Waals surface area contributed by atoms with Crippen LogP contribution >= 0.6 is 27.7 Å². The molecule has 2 rings (SSSR count). The molecular weight excluding hydrogens is 396 g/mol. The average molecular weight is 411 g/mol. The first-order valence-corrected chi connectivity index (χ1v) is 8.85. The number of amides is 1. The summed E-state index contributed by atoms with van der Waals surface area (Å²) in [5, 5.41) is 13.3. The Bertz CT molecular complexity index is 709. The van der Waals surface area contributed by atoms with Gasteiger partial charge in [-0.2, -0.15) is 0 Å². The quantitative estimate of drug-likeness (QED) is 0.311. The van der Waals surface area contributed by atoms with Gasteiger partial charge >= 0.3 is 0 Å². The minimum Gasteiger partial charge on any atom is -0.492 e. The molecule has 0 atom stereocenters. The Kier molecular flexibility index (Phi) is 7.07. The number of halogens is 1. The number of nitrogens with one attached hydrogen (secondary N) is 1. The predicted molar refractivity (Wildman–Crippen MR) is 96.5 cm³/mol. The fourth-order valence-corrected chi connectivity index (χ4v) is 2.89. The average Bonchev–Trinajstić information content (AvgIpc) is 2.57. The molecule has 2 aromatic carbocycles. The van der Waals surface area contributed by atoms with E-state index in [0.717, 1.165) is 15.1 Å². The summed E-state index contributed by atoms with van der Waals surface area (Å²) in [5.41, 5.74) is 0.0356. The molecular formula is C16H15BrN2O4S. The van der Waals surface area contributed by atoms with Crippen LogP contribution in [0.5, 0.6) is 5.75 Å². The number of non-ortho nitro benzene ring substituents is 1. The number of thioether (sulfide) groups is 1. The van der Waals surface area contributed by atoms with Crippen LogP contribution < -0.4 is 10.1 Å². The van der Waals surface area contributed by atoms with Crippen LogP contribution in [-0.4, -0.2) is 29.7 Å². The van der Waals surface area contributed by atoms with Gasteiger partial charge in [0.1, 0.15) is 12.4 Å². The van der Waals surface area contributed by atoms with E-state index in [1.54, 1.807) is 12.1 Å². The van der Waals surface area contributed by atoms with E-state index < -0.39 is 4.92 Å². The van der Waals surface area contributed by atoms with Crippen molar-refractivity contribution in [1.82, 2.24) is 5.32 Å². The normalized spacial score (nSPS) is 10.2. The number of nitrogens with zero attached hydrogens (tertiary/aromatic N) is 1. The van der Waals surface area contributed by atoms with Gasteiger partial charge in [-0.1, -0.05) is 22.0 Å². The summed E-state index contributed by atoms with van der Waals surface area (Å²) in [4.78, 5) is 22.7. The van der Waals surface area contributed by atoms with E-state index in [1.807, 2.05) is 24.3 Å². The number of benzene rings is 2. The third-order valence-corrected chi connectivity index (χ3v) is 4.41. The van der Waals surface area contributed by atoms with Gasteiger partial charge in [0.15, 0.2) is 0 Å². The van der Waals surface area contributed by atoms with Gasteiger partial charge in [-0.3, -0.25) is 14.9 Å². The fourth-order valence-electron chi connectivity index (χ4n) is 1.78. The molecule has 0 saturated carbocycles. The Morgan fingerprint density at radius 3 is 2.67 bits per heavy atom. The number of nitro benzene ring substituents is 1. The second-order valence-corrected chi connectivity index (χ2v) is 6.66. The summed E-state index contributed by atoms with van der Waals surface area (Å²) in [6, 6.07) is 13.6. The Labute approximate surface area is 151 Å². The number of hydrogen-bond donors (Lipinski definition) is 1. The van der Waals surface area contributed by atoms with Gasteiger partial charge in [0.05, 0.1) is 17.2 Å². The monoisotopic (exact) mass is 410 g/mol. The summed E-state index contributed by atoms with van der Waals surface area (Å²) in [6.45, 7) is 0.788. The lowest BCUT2D eigenvalue weighted by atomic mass is 10.3. The molecule has 0 saturated heterocycles. The van der Waals surface area contributed by atoms with Gasteiger partial charge in [-0.25, -0.2) is 0 Å². The molecule has 1 amide bonds. The molecule has 0 radical (unpaired) electrons. The molecule has 0 unspecified atom stereocenters.